The van der Waals surface area contributed by atoms with Gasteiger partial charge in [0.15, 0.2) is 5.78 Å². The van der Waals surface area contributed by atoms with Gasteiger partial charge in [0.05, 0.1) is 42.8 Å². The molecule has 10 heteroatoms. The van der Waals surface area contributed by atoms with Crippen LogP contribution in [0.25, 0.3) is 17.0 Å². The molecule has 34 heavy (non-hydrogen) atoms. The van der Waals surface area contributed by atoms with Crippen molar-refractivity contribution in [3.63, 3.8) is 0 Å². The maximum absolute atomic E-state index is 13.1. The Kier molecular flexibility index (Phi) is 7.07. The third kappa shape index (κ3) is 5.01. The lowest BCUT2D eigenvalue weighted by Crippen LogP contribution is -2.31. The molecule has 9 nitrogen and oxygen atoms in total. The zero-order valence-corrected chi connectivity index (χ0v) is 19.0. The molecule has 1 aromatic carbocycles. The summed E-state index contributed by atoms with van der Waals surface area (Å²) in [5.41, 5.74) is 2.71. The summed E-state index contributed by atoms with van der Waals surface area (Å²) in [5, 5.41) is 4.11. The van der Waals surface area contributed by atoms with E-state index < -0.39 is 6.67 Å². The van der Waals surface area contributed by atoms with Crippen molar-refractivity contribution >= 4 is 17.5 Å². The molecule has 0 atom stereocenters. The molecule has 1 amide bonds. The number of ether oxygens (including phenoxy) is 1. The summed E-state index contributed by atoms with van der Waals surface area (Å²) >= 11 is 0. The van der Waals surface area contributed by atoms with Gasteiger partial charge >= 0.3 is 0 Å². The second-order valence-electron chi connectivity index (χ2n) is 7.78. The van der Waals surface area contributed by atoms with Crippen molar-refractivity contribution in [3.05, 3.63) is 71.9 Å². The third-order valence-corrected chi connectivity index (χ3v) is 5.37. The molecule has 0 spiro atoms. The van der Waals surface area contributed by atoms with Crippen LogP contribution in [0.1, 0.15) is 26.5 Å². The van der Waals surface area contributed by atoms with Crippen molar-refractivity contribution in [1.82, 2.24) is 29.0 Å². The molecular formula is C24H25FN6O3. The fourth-order valence-corrected chi connectivity index (χ4v) is 3.59. The number of amides is 1. The van der Waals surface area contributed by atoms with Gasteiger partial charge in [-0.05, 0) is 6.07 Å². The summed E-state index contributed by atoms with van der Waals surface area (Å²) in [6, 6.07) is 11.5. The van der Waals surface area contributed by atoms with E-state index in [1.165, 1.54) is 15.8 Å². The summed E-state index contributed by atoms with van der Waals surface area (Å²) < 4.78 is 20.5. The standard InChI is InChI=1S/C24H25FN6O3/c1-29(11-13-34-12-9-25)23(33)19-15-26-30(2)22(19)21(32)14-18-8-10-31-16-20(28-24(31)27-18)17-6-4-3-5-7-17/h3-8,10,15-16H,9,11-14H2,1-2H3. The van der Waals surface area contributed by atoms with Crippen LogP contribution in [0.5, 0.6) is 0 Å². The Morgan fingerprint density at radius 3 is 2.68 bits per heavy atom. The van der Waals surface area contributed by atoms with Crippen molar-refractivity contribution < 1.29 is 18.7 Å². The first-order valence-electron chi connectivity index (χ1n) is 10.8. The van der Waals surface area contributed by atoms with Crippen LogP contribution in [0.2, 0.25) is 0 Å². The summed E-state index contributed by atoms with van der Waals surface area (Å²) in [6.45, 7) is -0.122. The maximum atomic E-state index is 13.1. The van der Waals surface area contributed by atoms with Crippen molar-refractivity contribution in [1.29, 1.82) is 0 Å². The number of carbonyl (C=O) groups is 2. The highest BCUT2D eigenvalue weighted by Crippen LogP contribution is 2.19. The first-order chi connectivity index (χ1) is 16.5. The lowest BCUT2D eigenvalue weighted by Gasteiger charge is -2.17. The molecule has 0 aliphatic heterocycles. The number of benzene rings is 1. The molecule has 4 aromatic rings. The van der Waals surface area contributed by atoms with Crippen LogP contribution in [0, 0.1) is 0 Å². The molecule has 0 N–H and O–H groups in total. The predicted octanol–water partition coefficient (Wildman–Crippen LogP) is 2.61. The van der Waals surface area contributed by atoms with Crippen LogP contribution in [-0.4, -0.2) is 74.2 Å². The second kappa shape index (κ2) is 10.3. The molecule has 4 rings (SSSR count). The minimum absolute atomic E-state index is 0.00678. The van der Waals surface area contributed by atoms with Crippen LogP contribution in [0.4, 0.5) is 4.39 Å². The number of hydrogen-bond donors (Lipinski definition) is 0. The van der Waals surface area contributed by atoms with Crippen molar-refractivity contribution in [2.45, 2.75) is 6.42 Å². The largest absolute Gasteiger partial charge is 0.377 e. The molecule has 0 saturated carbocycles. The van der Waals surface area contributed by atoms with Crippen LogP contribution in [0.15, 0.2) is 55.0 Å². The summed E-state index contributed by atoms with van der Waals surface area (Å²) in [4.78, 5) is 36.5. The van der Waals surface area contributed by atoms with Gasteiger partial charge in [0.2, 0.25) is 5.78 Å². The van der Waals surface area contributed by atoms with Crippen molar-refractivity contribution in [2.75, 3.05) is 33.5 Å². The van der Waals surface area contributed by atoms with Gasteiger partial charge in [-0.2, -0.15) is 5.10 Å². The minimum Gasteiger partial charge on any atom is -0.377 e. The molecule has 0 bridgehead atoms. The monoisotopic (exact) mass is 464 g/mol. The minimum atomic E-state index is -0.578. The molecule has 3 heterocycles. The van der Waals surface area contributed by atoms with Gasteiger partial charge in [-0.3, -0.25) is 18.7 Å². The Bertz CT molecular complexity index is 1300. The highest BCUT2D eigenvalue weighted by Gasteiger charge is 2.25. The predicted molar refractivity (Wildman–Crippen MR) is 123 cm³/mol. The summed E-state index contributed by atoms with van der Waals surface area (Å²) in [6.07, 6.45) is 5.07. The molecule has 0 radical (unpaired) electrons. The number of halogens is 1. The van der Waals surface area contributed by atoms with Crippen LogP contribution in [-0.2, 0) is 18.2 Å². The molecule has 0 unspecified atom stereocenters. The highest BCUT2D eigenvalue weighted by molar-refractivity contribution is 6.07. The van der Waals surface area contributed by atoms with Crippen LogP contribution in [0.3, 0.4) is 0 Å². The average Bonchev–Trinajstić information content (AvgIpc) is 3.45. The molecule has 3 aromatic heterocycles. The number of aromatic nitrogens is 5. The van der Waals surface area contributed by atoms with E-state index in [-0.39, 0.29) is 49.1 Å². The van der Waals surface area contributed by atoms with E-state index in [4.69, 9.17) is 4.74 Å². The van der Waals surface area contributed by atoms with Gasteiger partial charge in [-0.25, -0.2) is 14.4 Å². The van der Waals surface area contributed by atoms with Crippen molar-refractivity contribution in [3.8, 4) is 11.3 Å². The molecule has 0 aliphatic rings. The normalized spacial score (nSPS) is 11.1. The molecule has 0 aliphatic carbocycles. The zero-order valence-electron chi connectivity index (χ0n) is 19.0. The smallest absolute Gasteiger partial charge is 0.257 e. The SMILES string of the molecule is CN(CCOCCF)C(=O)c1cnn(C)c1C(=O)Cc1ccn2cc(-c3ccccc3)nc2n1. The Morgan fingerprint density at radius 2 is 1.91 bits per heavy atom. The Balaban J connectivity index is 1.50. The molecular weight excluding hydrogens is 439 g/mol. The summed E-state index contributed by atoms with van der Waals surface area (Å²) in [5.74, 6) is -0.153. The number of imidazole rings is 1. The molecule has 0 fully saturated rings. The number of fused-ring (bicyclic) bond motifs is 1. The number of nitrogens with zero attached hydrogens (tertiary/aromatic N) is 6. The van der Waals surface area contributed by atoms with Crippen LogP contribution >= 0.6 is 0 Å². The fourth-order valence-electron chi connectivity index (χ4n) is 3.59. The van der Waals surface area contributed by atoms with E-state index in [1.807, 2.05) is 42.7 Å². The van der Waals surface area contributed by atoms with E-state index in [9.17, 15) is 14.0 Å². The Labute approximate surface area is 195 Å². The van der Waals surface area contributed by atoms with Crippen LogP contribution < -0.4 is 0 Å². The average molecular weight is 465 g/mol. The van der Waals surface area contributed by atoms with Gasteiger partial charge in [0, 0.05) is 38.6 Å². The first-order valence-corrected chi connectivity index (χ1v) is 10.8. The maximum Gasteiger partial charge on any atom is 0.257 e. The Morgan fingerprint density at radius 1 is 1.12 bits per heavy atom. The first kappa shape index (κ1) is 23.2. The van der Waals surface area contributed by atoms with E-state index in [2.05, 4.69) is 15.1 Å². The van der Waals surface area contributed by atoms with Gasteiger partial charge in [0.1, 0.15) is 12.4 Å². The van der Waals surface area contributed by atoms with Gasteiger partial charge in [-0.15, -0.1) is 0 Å². The van der Waals surface area contributed by atoms with Gasteiger partial charge < -0.3 is 9.64 Å². The number of rotatable bonds is 10. The second-order valence-corrected chi connectivity index (χ2v) is 7.78. The number of ketones is 1. The number of Topliss-reactive ketones (excluding diaryl/α,β-unsaturated/α-hetero) is 1. The molecule has 0 saturated heterocycles. The van der Waals surface area contributed by atoms with E-state index in [1.54, 1.807) is 24.6 Å². The van der Waals surface area contributed by atoms with Gasteiger partial charge in [-0.1, -0.05) is 30.3 Å². The number of likely N-dealkylation sites (N-methyl/N-ethyl adjacent to an activating group) is 1. The van der Waals surface area contributed by atoms with E-state index in [0.29, 0.717) is 11.5 Å². The fraction of sp³-hybridized carbons (Fsp3) is 0.292. The topological polar surface area (TPSA) is 94.6 Å². The lowest BCUT2D eigenvalue weighted by molar-refractivity contribution is 0.0673. The quantitative estimate of drug-likeness (QED) is 0.265. The number of hydrogen-bond acceptors (Lipinski definition) is 6. The highest BCUT2D eigenvalue weighted by atomic mass is 19.1. The Hall–Kier alpha value is -3.92. The summed E-state index contributed by atoms with van der Waals surface area (Å²) in [7, 11) is 3.21. The molecule has 176 valence electrons. The van der Waals surface area contributed by atoms with Gasteiger partial charge in [0.25, 0.3) is 5.91 Å². The third-order valence-electron chi connectivity index (χ3n) is 5.37. The number of aryl methyl sites for hydroxylation is 1. The lowest BCUT2D eigenvalue weighted by atomic mass is 10.1. The van der Waals surface area contributed by atoms with E-state index >= 15 is 0 Å². The zero-order chi connectivity index (χ0) is 24.1. The number of alkyl halides is 1. The van der Waals surface area contributed by atoms with Crippen molar-refractivity contribution in [2.24, 2.45) is 7.05 Å². The van der Waals surface area contributed by atoms with E-state index in [0.717, 1.165) is 11.3 Å². The number of carbonyl (C=O) groups excluding carboxylic acids is 2.